The van der Waals surface area contributed by atoms with Crippen LogP contribution >= 0.6 is 0 Å². The summed E-state index contributed by atoms with van der Waals surface area (Å²) < 4.78 is 5.74. The maximum absolute atomic E-state index is 12.7. The zero-order valence-electron chi connectivity index (χ0n) is 20.8. The van der Waals surface area contributed by atoms with Gasteiger partial charge in [-0.05, 0) is 69.9 Å². The van der Waals surface area contributed by atoms with Gasteiger partial charge < -0.3 is 19.9 Å². The van der Waals surface area contributed by atoms with Crippen molar-refractivity contribution < 1.29 is 19.1 Å². The minimum absolute atomic E-state index is 0.0000995. The summed E-state index contributed by atoms with van der Waals surface area (Å²) in [5, 5.41) is 2.95. The molecule has 35 heavy (non-hydrogen) atoms. The predicted molar refractivity (Wildman–Crippen MR) is 135 cm³/mol. The molecule has 7 heteroatoms. The zero-order valence-corrected chi connectivity index (χ0v) is 20.8. The number of likely N-dealkylation sites (tertiary alicyclic amines) is 1. The van der Waals surface area contributed by atoms with Crippen molar-refractivity contribution in [1.82, 2.24) is 10.2 Å². The number of rotatable bonds is 7. The molecule has 2 saturated heterocycles. The molecule has 0 bridgehead atoms. The number of ether oxygens (including phenoxy) is 1. The van der Waals surface area contributed by atoms with Gasteiger partial charge in [0, 0.05) is 37.3 Å². The predicted octanol–water partition coefficient (Wildman–Crippen LogP) is 3.83. The Kier molecular flexibility index (Phi) is 7.73. The highest BCUT2D eigenvalue weighted by molar-refractivity contribution is 6.00. The summed E-state index contributed by atoms with van der Waals surface area (Å²) in [7, 11) is 0. The van der Waals surface area contributed by atoms with Gasteiger partial charge in [-0.3, -0.25) is 14.4 Å². The number of amides is 3. The Bertz CT molecular complexity index is 1040. The van der Waals surface area contributed by atoms with Gasteiger partial charge in [-0.25, -0.2) is 0 Å². The summed E-state index contributed by atoms with van der Waals surface area (Å²) in [6.07, 6.45) is 3.40. The first-order valence-corrected chi connectivity index (χ1v) is 12.5. The second-order valence-corrected chi connectivity index (χ2v) is 9.82. The van der Waals surface area contributed by atoms with Crippen LogP contribution in [0, 0.1) is 12.8 Å². The lowest BCUT2D eigenvalue weighted by molar-refractivity contribution is -0.139. The van der Waals surface area contributed by atoms with E-state index in [1.54, 1.807) is 29.2 Å². The second kappa shape index (κ2) is 10.9. The molecular formula is C28H35N3O4. The van der Waals surface area contributed by atoms with Crippen molar-refractivity contribution in [2.75, 3.05) is 18.1 Å². The van der Waals surface area contributed by atoms with Crippen LogP contribution in [0.5, 0.6) is 5.75 Å². The normalized spacial score (nSPS) is 22.3. The van der Waals surface area contributed by atoms with Crippen LogP contribution < -0.4 is 15.0 Å². The van der Waals surface area contributed by atoms with Crippen LogP contribution in [0.1, 0.15) is 50.7 Å². The van der Waals surface area contributed by atoms with Crippen LogP contribution in [-0.4, -0.2) is 47.9 Å². The van der Waals surface area contributed by atoms with Crippen molar-refractivity contribution in [3.8, 4) is 5.75 Å². The van der Waals surface area contributed by atoms with Gasteiger partial charge in [0.15, 0.2) is 6.61 Å². The first-order chi connectivity index (χ1) is 16.8. The minimum atomic E-state index is -0.380. The lowest BCUT2D eigenvalue weighted by Crippen LogP contribution is -2.49. The molecule has 3 atom stereocenters. The first kappa shape index (κ1) is 24.8. The van der Waals surface area contributed by atoms with Crippen LogP contribution in [-0.2, 0) is 20.9 Å². The number of hydrogen-bond donors (Lipinski definition) is 1. The molecule has 0 saturated carbocycles. The van der Waals surface area contributed by atoms with E-state index in [1.807, 2.05) is 36.1 Å². The molecule has 2 aromatic rings. The number of nitrogens with zero attached hydrogens (tertiary/aromatic N) is 2. The molecule has 0 unspecified atom stereocenters. The van der Waals surface area contributed by atoms with Crippen LogP contribution in [0.4, 0.5) is 5.69 Å². The van der Waals surface area contributed by atoms with Crippen LogP contribution in [0.25, 0.3) is 0 Å². The lowest BCUT2D eigenvalue weighted by Gasteiger charge is -2.38. The van der Waals surface area contributed by atoms with Crippen molar-refractivity contribution in [3.05, 3.63) is 59.7 Å². The standard InChI is InChI=1S/C28H35N3O4/c1-19-7-9-22(10-8-19)16-29-28(34)23-15-26(32)30(17-23)24-11-13-25(14-12-24)35-18-27(33)31-20(2)5-4-6-21(31)3/h7-14,20-21,23H,4-6,15-18H2,1-3H3,(H,29,34)/t20-,21-,23-/m1/s1. The van der Waals surface area contributed by atoms with E-state index >= 15 is 0 Å². The summed E-state index contributed by atoms with van der Waals surface area (Å²) in [4.78, 5) is 41.5. The van der Waals surface area contributed by atoms with Gasteiger partial charge in [0.05, 0.1) is 5.92 Å². The quantitative estimate of drug-likeness (QED) is 0.657. The van der Waals surface area contributed by atoms with E-state index in [2.05, 4.69) is 19.2 Å². The molecule has 0 spiro atoms. The molecule has 7 nitrogen and oxygen atoms in total. The molecule has 2 aliphatic heterocycles. The van der Waals surface area contributed by atoms with Crippen molar-refractivity contribution in [2.24, 2.45) is 5.92 Å². The Morgan fingerprint density at radius 2 is 1.66 bits per heavy atom. The molecule has 0 aliphatic carbocycles. The molecule has 4 rings (SSSR count). The van der Waals surface area contributed by atoms with Crippen molar-refractivity contribution >= 4 is 23.4 Å². The Labute approximate surface area is 207 Å². The highest BCUT2D eigenvalue weighted by atomic mass is 16.5. The highest BCUT2D eigenvalue weighted by Crippen LogP contribution is 2.27. The van der Waals surface area contributed by atoms with Crippen LogP contribution in [0.2, 0.25) is 0 Å². The molecule has 1 N–H and O–H groups in total. The average Bonchev–Trinajstić information content (AvgIpc) is 3.24. The molecular weight excluding hydrogens is 442 g/mol. The number of carbonyl (C=O) groups excluding carboxylic acids is 3. The van der Waals surface area contributed by atoms with Gasteiger partial charge in [-0.1, -0.05) is 29.8 Å². The topological polar surface area (TPSA) is 79.0 Å². The van der Waals surface area contributed by atoms with Crippen LogP contribution in [0.15, 0.2) is 48.5 Å². The molecule has 2 aliphatic rings. The maximum Gasteiger partial charge on any atom is 0.260 e. The van der Waals surface area contributed by atoms with Crippen LogP contribution in [0.3, 0.4) is 0 Å². The smallest absolute Gasteiger partial charge is 0.260 e. The third-order valence-corrected chi connectivity index (χ3v) is 7.08. The summed E-state index contributed by atoms with van der Waals surface area (Å²) in [6, 6.07) is 15.6. The molecule has 3 amide bonds. The summed E-state index contributed by atoms with van der Waals surface area (Å²) in [5.74, 6) is 0.0231. The molecule has 0 radical (unpaired) electrons. The maximum atomic E-state index is 12.7. The van der Waals surface area contributed by atoms with E-state index in [9.17, 15) is 14.4 Å². The third-order valence-electron chi connectivity index (χ3n) is 7.08. The fourth-order valence-electron chi connectivity index (χ4n) is 5.03. The van der Waals surface area contributed by atoms with Crippen molar-refractivity contribution in [2.45, 2.75) is 65.1 Å². The van der Waals surface area contributed by atoms with Gasteiger partial charge >= 0.3 is 0 Å². The highest BCUT2D eigenvalue weighted by Gasteiger charge is 2.35. The van der Waals surface area contributed by atoms with Crippen molar-refractivity contribution in [1.29, 1.82) is 0 Å². The van der Waals surface area contributed by atoms with E-state index in [-0.39, 0.29) is 48.8 Å². The summed E-state index contributed by atoms with van der Waals surface area (Å²) in [6.45, 7) is 7.00. The molecule has 2 aromatic carbocycles. The van der Waals surface area contributed by atoms with E-state index in [0.717, 1.165) is 30.5 Å². The largest absolute Gasteiger partial charge is 0.484 e. The first-order valence-electron chi connectivity index (χ1n) is 12.5. The fourth-order valence-corrected chi connectivity index (χ4v) is 5.03. The Morgan fingerprint density at radius 3 is 2.31 bits per heavy atom. The monoisotopic (exact) mass is 477 g/mol. The summed E-state index contributed by atoms with van der Waals surface area (Å²) >= 11 is 0. The third kappa shape index (κ3) is 6.02. The minimum Gasteiger partial charge on any atom is -0.484 e. The number of piperidine rings is 1. The number of hydrogen-bond acceptors (Lipinski definition) is 4. The van der Waals surface area contributed by atoms with Gasteiger partial charge in [-0.2, -0.15) is 0 Å². The van der Waals surface area contributed by atoms with Gasteiger partial charge in [0.25, 0.3) is 5.91 Å². The molecule has 0 aromatic heterocycles. The fraction of sp³-hybridized carbons (Fsp3) is 0.464. The Hall–Kier alpha value is -3.35. The number of carbonyl (C=O) groups is 3. The van der Waals surface area contributed by atoms with E-state index < -0.39 is 0 Å². The van der Waals surface area contributed by atoms with E-state index in [1.165, 1.54) is 5.56 Å². The molecule has 186 valence electrons. The van der Waals surface area contributed by atoms with Crippen molar-refractivity contribution in [3.63, 3.8) is 0 Å². The Balaban J connectivity index is 1.28. The van der Waals surface area contributed by atoms with Gasteiger partial charge in [-0.15, -0.1) is 0 Å². The van der Waals surface area contributed by atoms with E-state index in [0.29, 0.717) is 18.8 Å². The molecule has 2 fully saturated rings. The lowest BCUT2D eigenvalue weighted by atomic mass is 9.97. The zero-order chi connectivity index (χ0) is 24.9. The number of benzene rings is 2. The van der Waals surface area contributed by atoms with E-state index in [4.69, 9.17) is 4.74 Å². The second-order valence-electron chi connectivity index (χ2n) is 9.82. The number of nitrogens with one attached hydrogen (secondary N) is 1. The number of aryl methyl sites for hydroxylation is 1. The van der Waals surface area contributed by atoms with Gasteiger partial charge in [0.2, 0.25) is 11.8 Å². The number of anilines is 1. The SMILES string of the molecule is Cc1ccc(CNC(=O)[C@@H]2CC(=O)N(c3ccc(OCC(=O)N4[C@H](C)CCC[C@H]4C)cc3)C2)cc1. The molecule has 2 heterocycles. The average molecular weight is 478 g/mol. The Morgan fingerprint density at radius 1 is 1.00 bits per heavy atom. The van der Waals surface area contributed by atoms with Gasteiger partial charge in [0.1, 0.15) is 5.75 Å². The summed E-state index contributed by atoms with van der Waals surface area (Å²) in [5.41, 5.74) is 2.93.